The first kappa shape index (κ1) is 20.7. The third-order valence-electron chi connectivity index (χ3n) is 4.90. The normalized spacial score (nSPS) is 16.5. The summed E-state index contributed by atoms with van der Waals surface area (Å²) in [6.07, 6.45) is 3.61. The molecule has 2 aromatic carbocycles. The Morgan fingerprint density at radius 2 is 1.90 bits per heavy atom. The summed E-state index contributed by atoms with van der Waals surface area (Å²) in [4.78, 5) is 17.7. The number of amides is 1. The van der Waals surface area contributed by atoms with Crippen LogP contribution in [0.25, 0.3) is 5.69 Å². The minimum Gasteiger partial charge on any atom is -0.292 e. The number of para-hydroxylation sites is 1. The minimum absolute atomic E-state index is 0.159. The van der Waals surface area contributed by atoms with Crippen molar-refractivity contribution >= 4 is 27.7 Å². The van der Waals surface area contributed by atoms with Gasteiger partial charge in [-0.15, -0.1) is 10.2 Å². The Balaban J connectivity index is 1.62. The number of rotatable bonds is 7. The highest BCUT2D eigenvalue weighted by Crippen LogP contribution is 2.23. The molecule has 2 N–H and O–H groups in total. The molecule has 4 rings (SSSR count). The van der Waals surface area contributed by atoms with Gasteiger partial charge in [-0.1, -0.05) is 50.1 Å². The second kappa shape index (κ2) is 8.68. The topological polar surface area (TPSA) is 118 Å². The predicted octanol–water partition coefficient (Wildman–Crippen LogP) is 2.50. The van der Waals surface area contributed by atoms with Crippen LogP contribution in [-0.4, -0.2) is 41.0 Å². The van der Waals surface area contributed by atoms with Gasteiger partial charge in [-0.25, -0.2) is 8.42 Å². The fourth-order valence-electron chi connectivity index (χ4n) is 3.33. The van der Waals surface area contributed by atoms with Crippen molar-refractivity contribution in [2.45, 2.75) is 37.1 Å². The van der Waals surface area contributed by atoms with Crippen molar-refractivity contribution in [3.63, 3.8) is 0 Å². The van der Waals surface area contributed by atoms with Crippen LogP contribution >= 0.6 is 0 Å². The Labute approximate surface area is 180 Å². The van der Waals surface area contributed by atoms with Crippen molar-refractivity contribution in [3.05, 3.63) is 66.5 Å². The van der Waals surface area contributed by atoms with E-state index in [1.165, 1.54) is 12.4 Å². The van der Waals surface area contributed by atoms with Gasteiger partial charge in [-0.2, -0.15) is 0 Å². The number of aliphatic imine (C=N–C) groups is 1. The molecule has 31 heavy (non-hydrogen) atoms. The SMILES string of the molecule is CCCC[C@H](N=C1NS(=O)(=O)c2ccccc21)C(=O)Nc1nncn1-c1ccccc1. The van der Waals surface area contributed by atoms with E-state index in [-0.39, 0.29) is 22.6 Å². The molecule has 10 heteroatoms. The fourth-order valence-corrected chi connectivity index (χ4v) is 4.57. The Kier molecular flexibility index (Phi) is 5.81. The molecule has 1 atom stereocenters. The fraction of sp³-hybridized carbons (Fsp3) is 0.238. The monoisotopic (exact) mass is 438 g/mol. The maximum absolute atomic E-state index is 13.1. The number of nitrogens with zero attached hydrogens (tertiary/aromatic N) is 4. The van der Waals surface area contributed by atoms with E-state index in [1.807, 2.05) is 37.3 Å². The van der Waals surface area contributed by atoms with Gasteiger partial charge in [0.2, 0.25) is 5.95 Å². The van der Waals surface area contributed by atoms with E-state index in [0.29, 0.717) is 12.0 Å². The average Bonchev–Trinajstić information content (AvgIpc) is 3.34. The first-order valence-corrected chi connectivity index (χ1v) is 11.4. The molecule has 160 valence electrons. The van der Waals surface area contributed by atoms with Gasteiger partial charge in [0.05, 0.1) is 10.6 Å². The van der Waals surface area contributed by atoms with Crippen LogP contribution in [-0.2, 0) is 14.8 Å². The maximum atomic E-state index is 13.1. The van der Waals surface area contributed by atoms with Crippen LogP contribution in [0.4, 0.5) is 5.95 Å². The number of carbonyl (C=O) groups is 1. The average molecular weight is 439 g/mol. The van der Waals surface area contributed by atoms with E-state index in [0.717, 1.165) is 18.5 Å². The van der Waals surface area contributed by atoms with Crippen molar-refractivity contribution in [2.24, 2.45) is 4.99 Å². The van der Waals surface area contributed by atoms with Crippen molar-refractivity contribution in [1.82, 2.24) is 19.5 Å². The highest BCUT2D eigenvalue weighted by molar-refractivity contribution is 7.90. The van der Waals surface area contributed by atoms with E-state index >= 15 is 0 Å². The molecule has 1 aromatic heterocycles. The molecule has 0 saturated heterocycles. The molecule has 1 aliphatic heterocycles. The summed E-state index contributed by atoms with van der Waals surface area (Å²) in [5.74, 6) is 0.0661. The standard InChI is InChI=1S/C21H22N6O3S/c1-2-3-12-17(23-19-16-11-7-8-13-18(16)31(29,30)26-19)20(28)24-21-25-22-14-27(21)15-9-5-4-6-10-15/h4-11,13-14,17H,2-3,12H2,1H3,(H,23,26)(H,24,25,28)/t17-/m0/s1. The number of fused-ring (bicyclic) bond motifs is 1. The smallest absolute Gasteiger partial charge is 0.263 e. The Morgan fingerprint density at radius 1 is 1.16 bits per heavy atom. The predicted molar refractivity (Wildman–Crippen MR) is 117 cm³/mol. The maximum Gasteiger partial charge on any atom is 0.263 e. The van der Waals surface area contributed by atoms with E-state index < -0.39 is 16.1 Å². The molecule has 0 saturated carbocycles. The van der Waals surface area contributed by atoms with Crippen LogP contribution in [0.3, 0.4) is 0 Å². The number of hydrogen-bond acceptors (Lipinski definition) is 6. The number of unbranched alkanes of at least 4 members (excludes halogenated alkanes) is 1. The molecule has 0 fully saturated rings. The number of amidine groups is 1. The molecule has 1 amide bonds. The minimum atomic E-state index is -3.68. The highest BCUT2D eigenvalue weighted by atomic mass is 32.2. The van der Waals surface area contributed by atoms with Gasteiger partial charge < -0.3 is 0 Å². The summed E-state index contributed by atoms with van der Waals surface area (Å²) in [6.45, 7) is 2.02. The van der Waals surface area contributed by atoms with Crippen molar-refractivity contribution < 1.29 is 13.2 Å². The Bertz CT molecular complexity index is 1220. The Hall–Kier alpha value is -3.53. The molecule has 2 heterocycles. The Morgan fingerprint density at radius 3 is 2.68 bits per heavy atom. The molecule has 0 spiro atoms. The first-order valence-electron chi connectivity index (χ1n) is 9.96. The van der Waals surface area contributed by atoms with E-state index in [4.69, 9.17) is 0 Å². The van der Waals surface area contributed by atoms with E-state index in [9.17, 15) is 13.2 Å². The molecule has 9 nitrogen and oxygen atoms in total. The first-order chi connectivity index (χ1) is 15.0. The van der Waals surface area contributed by atoms with Gasteiger partial charge in [0, 0.05) is 5.56 Å². The number of anilines is 1. The van der Waals surface area contributed by atoms with E-state index in [1.54, 1.807) is 22.8 Å². The summed E-state index contributed by atoms with van der Waals surface area (Å²) in [6, 6.07) is 15.2. The molecule has 0 unspecified atom stereocenters. The molecule has 0 radical (unpaired) electrons. The van der Waals surface area contributed by atoms with Gasteiger partial charge in [0.1, 0.15) is 18.2 Å². The zero-order valence-corrected chi connectivity index (χ0v) is 17.7. The van der Waals surface area contributed by atoms with Gasteiger partial charge >= 0.3 is 0 Å². The lowest BCUT2D eigenvalue weighted by Gasteiger charge is -2.14. The second-order valence-electron chi connectivity index (χ2n) is 7.09. The summed E-state index contributed by atoms with van der Waals surface area (Å²) in [5.41, 5.74) is 1.26. The van der Waals surface area contributed by atoms with Gasteiger partial charge in [0.25, 0.3) is 15.9 Å². The lowest BCUT2D eigenvalue weighted by atomic mass is 10.1. The van der Waals surface area contributed by atoms with Crippen molar-refractivity contribution in [1.29, 1.82) is 0 Å². The number of carbonyl (C=O) groups excluding carboxylic acids is 1. The lowest BCUT2D eigenvalue weighted by Crippen LogP contribution is -2.31. The third kappa shape index (κ3) is 4.33. The van der Waals surface area contributed by atoms with Crippen LogP contribution in [0.15, 0.2) is 70.8 Å². The number of aromatic nitrogens is 3. The molecule has 0 aliphatic carbocycles. The summed E-state index contributed by atoms with van der Waals surface area (Å²) < 4.78 is 28.9. The van der Waals surface area contributed by atoms with Crippen molar-refractivity contribution in [3.8, 4) is 5.69 Å². The van der Waals surface area contributed by atoms with Crippen LogP contribution in [0.1, 0.15) is 31.7 Å². The van der Waals surface area contributed by atoms with E-state index in [2.05, 4.69) is 25.2 Å². The summed E-state index contributed by atoms with van der Waals surface area (Å²) in [7, 11) is -3.68. The number of sulfonamides is 1. The van der Waals surface area contributed by atoms with Gasteiger partial charge in [0.15, 0.2) is 0 Å². The van der Waals surface area contributed by atoms with Crippen molar-refractivity contribution in [2.75, 3.05) is 5.32 Å². The molecule has 1 aliphatic rings. The molecule has 0 bridgehead atoms. The molecular weight excluding hydrogens is 416 g/mol. The zero-order chi connectivity index (χ0) is 21.8. The molecular formula is C21H22N6O3S. The van der Waals surface area contributed by atoms with Crippen LogP contribution in [0, 0.1) is 0 Å². The zero-order valence-electron chi connectivity index (χ0n) is 16.9. The number of nitrogens with one attached hydrogen (secondary N) is 2. The number of benzene rings is 2. The second-order valence-corrected chi connectivity index (χ2v) is 8.74. The van der Waals surface area contributed by atoms with Gasteiger partial charge in [-0.05, 0) is 30.7 Å². The highest BCUT2D eigenvalue weighted by Gasteiger charge is 2.32. The van der Waals surface area contributed by atoms with Crippen LogP contribution in [0.5, 0.6) is 0 Å². The van der Waals surface area contributed by atoms with Crippen LogP contribution in [0.2, 0.25) is 0 Å². The molecule has 3 aromatic rings. The number of hydrogen-bond donors (Lipinski definition) is 2. The van der Waals surface area contributed by atoms with Crippen LogP contribution < -0.4 is 10.0 Å². The largest absolute Gasteiger partial charge is 0.292 e. The lowest BCUT2D eigenvalue weighted by molar-refractivity contribution is -0.117. The summed E-state index contributed by atoms with van der Waals surface area (Å²) >= 11 is 0. The summed E-state index contributed by atoms with van der Waals surface area (Å²) in [5, 5.41) is 10.7. The third-order valence-corrected chi connectivity index (χ3v) is 6.30. The van der Waals surface area contributed by atoms with Gasteiger partial charge in [-0.3, -0.25) is 24.4 Å². The quantitative estimate of drug-likeness (QED) is 0.588.